The smallest absolute Gasteiger partial charge is 0.335 e. The third-order valence-corrected chi connectivity index (χ3v) is 4.01. The molecule has 1 atom stereocenters. The molecule has 0 aliphatic carbocycles. The topological polar surface area (TPSA) is 122 Å². The van der Waals surface area contributed by atoms with Crippen LogP contribution in [-0.2, 0) is 4.79 Å². The van der Waals surface area contributed by atoms with Gasteiger partial charge in [0, 0.05) is 17.0 Å². The predicted molar refractivity (Wildman–Crippen MR) is 92.5 cm³/mol. The summed E-state index contributed by atoms with van der Waals surface area (Å²) in [5, 5.41) is 11.6. The fourth-order valence-electron chi connectivity index (χ4n) is 2.78. The summed E-state index contributed by atoms with van der Waals surface area (Å²) in [6, 6.07) is 10.9. The standard InChI is InChI=1S/C18H15N3O4/c1-9(20-12-5-2-10(3-6-12)18(24)25)15-13-7-4-11(16(19)22)8-14(13)21-17(15)23/h2-8,15H,1H3,(H2,19,22)(H,21,23)(H,24,25). The number of fused-ring (bicyclic) bond motifs is 1. The molecule has 1 aliphatic rings. The van der Waals surface area contributed by atoms with Crippen LogP contribution in [0.2, 0.25) is 0 Å². The molecule has 1 heterocycles. The van der Waals surface area contributed by atoms with Crippen molar-refractivity contribution in [1.82, 2.24) is 0 Å². The molecule has 1 aliphatic heterocycles. The third kappa shape index (κ3) is 3.12. The fourth-order valence-corrected chi connectivity index (χ4v) is 2.78. The monoisotopic (exact) mass is 337 g/mol. The zero-order valence-corrected chi connectivity index (χ0v) is 13.3. The van der Waals surface area contributed by atoms with Crippen molar-refractivity contribution in [3.8, 4) is 0 Å². The molecule has 1 unspecified atom stereocenters. The maximum atomic E-state index is 12.3. The average Bonchev–Trinajstić information content (AvgIpc) is 2.90. The van der Waals surface area contributed by atoms with Crippen LogP contribution in [0.5, 0.6) is 0 Å². The van der Waals surface area contributed by atoms with Crippen molar-refractivity contribution >= 4 is 34.9 Å². The number of anilines is 1. The first-order chi connectivity index (χ1) is 11.9. The number of carboxylic acid groups (broad SMARTS) is 1. The van der Waals surface area contributed by atoms with Crippen molar-refractivity contribution in [2.45, 2.75) is 12.8 Å². The number of primary amides is 1. The van der Waals surface area contributed by atoms with Gasteiger partial charge in [-0.3, -0.25) is 14.6 Å². The third-order valence-electron chi connectivity index (χ3n) is 4.01. The van der Waals surface area contributed by atoms with Crippen LogP contribution in [0.3, 0.4) is 0 Å². The molecule has 0 bridgehead atoms. The number of aliphatic imine (C=N–C) groups is 1. The predicted octanol–water partition coefficient (Wildman–Crippen LogP) is 2.31. The molecular formula is C18H15N3O4. The molecule has 7 heteroatoms. The van der Waals surface area contributed by atoms with Gasteiger partial charge in [0.1, 0.15) is 5.92 Å². The first kappa shape index (κ1) is 16.4. The van der Waals surface area contributed by atoms with E-state index in [2.05, 4.69) is 10.3 Å². The van der Waals surface area contributed by atoms with Gasteiger partial charge in [-0.25, -0.2) is 4.79 Å². The number of hydrogen-bond acceptors (Lipinski definition) is 4. The second-order valence-corrected chi connectivity index (χ2v) is 5.69. The number of hydrogen-bond donors (Lipinski definition) is 3. The van der Waals surface area contributed by atoms with Gasteiger partial charge in [0.15, 0.2) is 0 Å². The Morgan fingerprint density at radius 1 is 1.12 bits per heavy atom. The summed E-state index contributed by atoms with van der Waals surface area (Å²) in [6.45, 7) is 1.73. The zero-order valence-electron chi connectivity index (χ0n) is 13.3. The van der Waals surface area contributed by atoms with Crippen LogP contribution in [-0.4, -0.2) is 28.6 Å². The minimum atomic E-state index is -1.01. The van der Waals surface area contributed by atoms with Crippen molar-refractivity contribution in [3.63, 3.8) is 0 Å². The highest BCUT2D eigenvalue weighted by Gasteiger charge is 2.33. The molecule has 0 spiro atoms. The van der Waals surface area contributed by atoms with Gasteiger partial charge in [0.2, 0.25) is 11.8 Å². The van der Waals surface area contributed by atoms with Gasteiger partial charge in [-0.15, -0.1) is 0 Å². The Morgan fingerprint density at radius 3 is 2.36 bits per heavy atom. The van der Waals surface area contributed by atoms with Crippen molar-refractivity contribution in [1.29, 1.82) is 0 Å². The van der Waals surface area contributed by atoms with Gasteiger partial charge in [0.25, 0.3) is 0 Å². The van der Waals surface area contributed by atoms with Crippen LogP contribution in [0, 0.1) is 0 Å². The van der Waals surface area contributed by atoms with E-state index in [9.17, 15) is 14.4 Å². The maximum Gasteiger partial charge on any atom is 0.335 e. The molecule has 0 saturated heterocycles. The minimum Gasteiger partial charge on any atom is -0.478 e. The molecule has 126 valence electrons. The summed E-state index contributed by atoms with van der Waals surface area (Å²) >= 11 is 0. The zero-order chi connectivity index (χ0) is 18.1. The summed E-state index contributed by atoms with van der Waals surface area (Å²) in [7, 11) is 0. The van der Waals surface area contributed by atoms with Crippen LogP contribution in [0.15, 0.2) is 47.5 Å². The summed E-state index contributed by atoms with van der Waals surface area (Å²) < 4.78 is 0. The van der Waals surface area contributed by atoms with E-state index in [0.29, 0.717) is 22.6 Å². The van der Waals surface area contributed by atoms with E-state index in [1.807, 2.05) is 0 Å². The number of carbonyl (C=O) groups excluding carboxylic acids is 2. The highest BCUT2D eigenvalue weighted by atomic mass is 16.4. The Balaban J connectivity index is 1.92. The van der Waals surface area contributed by atoms with E-state index in [-0.39, 0.29) is 11.5 Å². The highest BCUT2D eigenvalue weighted by molar-refractivity contribution is 6.18. The first-order valence-corrected chi connectivity index (χ1v) is 7.50. The number of carboxylic acids is 1. The number of nitrogens with one attached hydrogen (secondary N) is 1. The average molecular weight is 337 g/mol. The van der Waals surface area contributed by atoms with Crippen molar-refractivity contribution in [3.05, 3.63) is 59.2 Å². The van der Waals surface area contributed by atoms with E-state index < -0.39 is 17.8 Å². The second kappa shape index (κ2) is 6.20. The van der Waals surface area contributed by atoms with Gasteiger partial charge < -0.3 is 16.2 Å². The van der Waals surface area contributed by atoms with Gasteiger partial charge in [-0.05, 0) is 48.9 Å². The Bertz CT molecular complexity index is 916. The van der Waals surface area contributed by atoms with Crippen LogP contribution in [0.4, 0.5) is 11.4 Å². The maximum absolute atomic E-state index is 12.3. The number of benzene rings is 2. The summed E-state index contributed by atoms with van der Waals surface area (Å²) in [5.41, 5.74) is 8.12. The lowest BCUT2D eigenvalue weighted by molar-refractivity contribution is -0.115. The highest BCUT2D eigenvalue weighted by Crippen LogP contribution is 2.35. The minimum absolute atomic E-state index is 0.166. The summed E-state index contributed by atoms with van der Waals surface area (Å²) in [5.74, 6) is -2.39. The number of amides is 2. The number of aromatic carboxylic acids is 1. The molecule has 2 aromatic carbocycles. The molecule has 0 aromatic heterocycles. The Morgan fingerprint density at radius 2 is 1.76 bits per heavy atom. The number of rotatable bonds is 4. The Labute approximate surface area is 143 Å². The first-order valence-electron chi connectivity index (χ1n) is 7.50. The molecule has 0 fully saturated rings. The van der Waals surface area contributed by atoms with Gasteiger partial charge >= 0.3 is 5.97 Å². The molecule has 3 rings (SSSR count). The van der Waals surface area contributed by atoms with Crippen molar-refractivity contribution < 1.29 is 19.5 Å². The van der Waals surface area contributed by atoms with Gasteiger partial charge in [-0.2, -0.15) is 0 Å². The Kier molecular flexibility index (Phi) is 4.06. The lowest BCUT2D eigenvalue weighted by atomic mass is 9.95. The van der Waals surface area contributed by atoms with Crippen LogP contribution >= 0.6 is 0 Å². The van der Waals surface area contributed by atoms with Gasteiger partial charge in [-0.1, -0.05) is 6.07 Å². The summed E-state index contributed by atoms with van der Waals surface area (Å²) in [4.78, 5) is 38.9. The molecule has 2 aromatic rings. The molecular weight excluding hydrogens is 322 g/mol. The van der Waals surface area contributed by atoms with Crippen LogP contribution in [0.1, 0.15) is 39.1 Å². The number of nitrogens with two attached hydrogens (primary N) is 1. The molecule has 2 amide bonds. The fraction of sp³-hybridized carbons (Fsp3) is 0.111. The Hall–Kier alpha value is -3.48. The van der Waals surface area contributed by atoms with Crippen LogP contribution < -0.4 is 11.1 Å². The summed E-state index contributed by atoms with van der Waals surface area (Å²) in [6.07, 6.45) is 0. The second-order valence-electron chi connectivity index (χ2n) is 5.69. The van der Waals surface area contributed by atoms with Crippen molar-refractivity contribution in [2.75, 3.05) is 5.32 Å². The van der Waals surface area contributed by atoms with E-state index in [0.717, 1.165) is 5.56 Å². The van der Waals surface area contributed by atoms with Gasteiger partial charge in [0.05, 0.1) is 11.3 Å². The van der Waals surface area contributed by atoms with Crippen molar-refractivity contribution in [2.24, 2.45) is 10.7 Å². The van der Waals surface area contributed by atoms with E-state index >= 15 is 0 Å². The normalized spacial score (nSPS) is 16.3. The quantitative estimate of drug-likeness (QED) is 0.741. The lowest BCUT2D eigenvalue weighted by Gasteiger charge is -2.09. The molecule has 0 saturated carbocycles. The van der Waals surface area contributed by atoms with E-state index in [1.54, 1.807) is 37.3 Å². The lowest BCUT2D eigenvalue weighted by Crippen LogP contribution is -2.18. The van der Waals surface area contributed by atoms with E-state index in [4.69, 9.17) is 10.8 Å². The molecule has 25 heavy (non-hydrogen) atoms. The largest absolute Gasteiger partial charge is 0.478 e. The number of carbonyl (C=O) groups is 3. The number of nitrogens with zero attached hydrogens (tertiary/aromatic N) is 1. The molecule has 0 radical (unpaired) electrons. The van der Waals surface area contributed by atoms with Crippen LogP contribution in [0.25, 0.3) is 0 Å². The SMILES string of the molecule is CC(=Nc1ccc(C(=O)O)cc1)C1C(=O)Nc2cc(C(N)=O)ccc21. The molecule has 4 N–H and O–H groups in total. The molecule has 7 nitrogen and oxygen atoms in total. The van der Waals surface area contributed by atoms with E-state index in [1.165, 1.54) is 12.1 Å².